The predicted molar refractivity (Wildman–Crippen MR) is 65.1 cm³/mol. The van der Waals surface area contributed by atoms with Gasteiger partial charge in [-0.15, -0.1) is 0 Å². The molecule has 0 aliphatic carbocycles. The third-order valence-electron chi connectivity index (χ3n) is 1.39. The SMILES string of the molecule is Clc1ccnc(-c2ncccn2)n1.[C]=O.[C]=O.[C]=O.[Re]. The smallest absolute Gasteiger partial charge is 0.281 e. The Kier molecular flexibility index (Phi) is 19.9. The predicted octanol–water partition coefficient (Wildman–Crippen LogP) is 0.393. The topological polar surface area (TPSA) is 103 Å². The Hall–Kier alpha value is -1.88. The van der Waals surface area contributed by atoms with Gasteiger partial charge in [-0.25, -0.2) is 19.9 Å². The van der Waals surface area contributed by atoms with Gasteiger partial charge in [0.25, 0.3) is 20.4 Å². The summed E-state index contributed by atoms with van der Waals surface area (Å²) >= 11 is 5.69. The van der Waals surface area contributed by atoms with Crippen LogP contribution in [0.4, 0.5) is 0 Å². The average Bonchev–Trinajstić information content (AvgIpc) is 2.54. The maximum absolute atomic E-state index is 7.50. The zero-order chi connectivity index (χ0) is 15.1. The molecule has 0 saturated carbocycles. The van der Waals surface area contributed by atoms with Crippen LogP contribution in [0.5, 0.6) is 0 Å². The molecule has 0 bridgehead atoms. The zero-order valence-corrected chi connectivity index (χ0v) is 13.1. The van der Waals surface area contributed by atoms with Crippen molar-refractivity contribution in [2.45, 2.75) is 0 Å². The van der Waals surface area contributed by atoms with E-state index in [4.69, 9.17) is 26.0 Å². The molecule has 9 heteroatoms. The van der Waals surface area contributed by atoms with Crippen LogP contribution in [0.3, 0.4) is 0 Å². The molecule has 0 aliphatic rings. The largest absolute Gasteiger partial charge is 0.281 e. The first-order chi connectivity index (χ1) is 9.36. The first kappa shape index (κ1) is 23.2. The number of rotatable bonds is 1. The van der Waals surface area contributed by atoms with Gasteiger partial charge in [0, 0.05) is 39.0 Å². The molecule has 0 atom stereocenters. The van der Waals surface area contributed by atoms with Crippen molar-refractivity contribution in [1.29, 1.82) is 0 Å². The van der Waals surface area contributed by atoms with Gasteiger partial charge in [-0.05, 0) is 12.1 Å². The fourth-order valence-electron chi connectivity index (χ4n) is 0.859. The van der Waals surface area contributed by atoms with Gasteiger partial charge in [-0.1, -0.05) is 11.6 Å². The Morgan fingerprint density at radius 3 is 1.70 bits per heavy atom. The van der Waals surface area contributed by atoms with Crippen LogP contribution in [0.2, 0.25) is 5.15 Å². The molecule has 7 nitrogen and oxygen atoms in total. The van der Waals surface area contributed by atoms with E-state index in [0.717, 1.165) is 0 Å². The molecule has 0 amide bonds. The number of hydrogen-bond acceptors (Lipinski definition) is 7. The monoisotopic (exact) mass is 463 g/mol. The van der Waals surface area contributed by atoms with Crippen LogP contribution in [0.15, 0.2) is 30.7 Å². The summed E-state index contributed by atoms with van der Waals surface area (Å²) in [7, 11) is 0. The minimum Gasteiger partial charge on any atom is -0.281 e. The third kappa shape index (κ3) is 9.11. The minimum atomic E-state index is 0. The van der Waals surface area contributed by atoms with Crippen molar-refractivity contribution in [3.8, 4) is 11.6 Å². The van der Waals surface area contributed by atoms with Crippen LogP contribution in [0, 0.1) is 0 Å². The summed E-state index contributed by atoms with van der Waals surface area (Å²) in [5, 5.41) is 0.387. The minimum absolute atomic E-state index is 0. The molecule has 20 heavy (non-hydrogen) atoms. The Labute approximate surface area is 134 Å². The van der Waals surface area contributed by atoms with Crippen LogP contribution >= 0.6 is 11.6 Å². The molecule has 0 saturated heterocycles. The number of nitrogens with zero attached hydrogens (tertiary/aromatic N) is 4. The van der Waals surface area contributed by atoms with E-state index in [9.17, 15) is 0 Å². The maximum atomic E-state index is 7.50. The van der Waals surface area contributed by atoms with E-state index in [2.05, 4.69) is 40.3 Å². The van der Waals surface area contributed by atoms with Gasteiger partial charge in [0.15, 0.2) is 11.6 Å². The number of halogens is 1. The van der Waals surface area contributed by atoms with Crippen molar-refractivity contribution in [1.82, 2.24) is 19.9 Å². The number of carbonyl (C=O) groups excluding carboxylic acids is 3. The van der Waals surface area contributed by atoms with Gasteiger partial charge >= 0.3 is 0 Å². The molecule has 0 fully saturated rings. The molecular formula is C11H5ClN4O3Re. The second-order valence-electron chi connectivity index (χ2n) is 2.28. The quantitative estimate of drug-likeness (QED) is 0.565. The molecule has 0 spiro atoms. The molecule has 0 N–H and O–H groups in total. The molecular weight excluding hydrogens is 458 g/mol. The van der Waals surface area contributed by atoms with Crippen molar-refractivity contribution < 1.29 is 34.8 Å². The Balaban J connectivity index is -0.000000368. The summed E-state index contributed by atoms with van der Waals surface area (Å²) < 4.78 is 0. The van der Waals surface area contributed by atoms with Gasteiger partial charge in [-0.2, -0.15) is 0 Å². The van der Waals surface area contributed by atoms with Crippen molar-refractivity contribution in [2.75, 3.05) is 0 Å². The molecule has 0 aromatic carbocycles. The normalized spacial score (nSPS) is 7.05. The van der Waals surface area contributed by atoms with E-state index in [1.807, 2.05) is 0 Å². The first-order valence-electron chi connectivity index (χ1n) is 4.23. The standard InChI is InChI=1S/C8H5ClN4.3CO.Re/c9-6-2-5-12-8(13-6)7-10-3-1-4-11-7;3*1-2;/h1-5H;;;;. The van der Waals surface area contributed by atoms with Crippen LogP contribution in [0.25, 0.3) is 11.6 Å². The van der Waals surface area contributed by atoms with E-state index >= 15 is 0 Å². The van der Waals surface area contributed by atoms with Gasteiger partial charge in [0.1, 0.15) is 5.15 Å². The van der Waals surface area contributed by atoms with Crippen LogP contribution in [-0.2, 0) is 34.8 Å². The van der Waals surface area contributed by atoms with E-state index < -0.39 is 0 Å². The molecule has 0 aliphatic heterocycles. The van der Waals surface area contributed by atoms with E-state index in [-0.39, 0.29) is 20.4 Å². The summed E-state index contributed by atoms with van der Waals surface area (Å²) in [6.45, 7) is 13.5. The summed E-state index contributed by atoms with van der Waals surface area (Å²) in [4.78, 5) is 38.5. The zero-order valence-electron chi connectivity index (χ0n) is 9.66. The number of hydrogen-bond donors (Lipinski definition) is 0. The fraction of sp³-hybridized carbons (Fsp3) is 0. The van der Waals surface area contributed by atoms with E-state index in [0.29, 0.717) is 16.8 Å². The molecule has 2 aromatic heterocycles. The Bertz CT molecular complexity index is 460. The molecule has 2 aromatic rings. The van der Waals surface area contributed by atoms with Crippen LogP contribution < -0.4 is 0 Å². The molecule has 101 valence electrons. The second-order valence-corrected chi connectivity index (χ2v) is 2.66. The summed E-state index contributed by atoms with van der Waals surface area (Å²) in [6, 6.07) is 3.34. The molecule has 2 heterocycles. The van der Waals surface area contributed by atoms with Crippen LogP contribution in [0.1, 0.15) is 0 Å². The number of aromatic nitrogens is 4. The maximum Gasteiger partial charge on any atom is 0.281 e. The van der Waals surface area contributed by atoms with E-state index in [1.54, 1.807) is 30.7 Å². The molecule has 0 unspecified atom stereocenters. The van der Waals surface area contributed by atoms with Gasteiger partial charge < -0.3 is 0 Å². The third-order valence-corrected chi connectivity index (χ3v) is 1.60. The second kappa shape index (κ2) is 17.1. The van der Waals surface area contributed by atoms with Gasteiger partial charge in [-0.3, -0.25) is 14.4 Å². The average molecular weight is 463 g/mol. The summed E-state index contributed by atoms with van der Waals surface area (Å²) in [5.41, 5.74) is 0. The van der Waals surface area contributed by atoms with Crippen molar-refractivity contribution >= 4 is 32.0 Å². The molecule has 2 rings (SSSR count). The van der Waals surface area contributed by atoms with Crippen molar-refractivity contribution in [3.63, 3.8) is 0 Å². The van der Waals surface area contributed by atoms with Crippen LogP contribution in [-0.4, -0.2) is 40.3 Å². The van der Waals surface area contributed by atoms with E-state index in [1.165, 1.54) is 0 Å². The fourth-order valence-corrected chi connectivity index (χ4v) is 0.995. The summed E-state index contributed by atoms with van der Waals surface area (Å²) in [6.07, 6.45) is 4.83. The van der Waals surface area contributed by atoms with Gasteiger partial charge in [0.05, 0.1) is 0 Å². The van der Waals surface area contributed by atoms with Crippen molar-refractivity contribution in [3.05, 3.63) is 35.9 Å². The van der Waals surface area contributed by atoms with Gasteiger partial charge in [0.2, 0.25) is 0 Å². The Morgan fingerprint density at radius 1 is 0.800 bits per heavy atom. The summed E-state index contributed by atoms with van der Waals surface area (Å²) in [5.74, 6) is 0.915. The van der Waals surface area contributed by atoms with Crippen molar-refractivity contribution in [2.24, 2.45) is 0 Å². The molecule has 7 radical (unpaired) electrons. The Morgan fingerprint density at radius 2 is 1.25 bits per heavy atom. The first-order valence-corrected chi connectivity index (χ1v) is 4.61.